The van der Waals surface area contributed by atoms with Gasteiger partial charge in [0, 0.05) is 15.1 Å². The average Bonchev–Trinajstić information content (AvgIpc) is 2.68. The summed E-state index contributed by atoms with van der Waals surface area (Å²) in [6, 6.07) is 8.89. The van der Waals surface area contributed by atoms with Crippen molar-refractivity contribution in [2.24, 2.45) is 0 Å². The fraction of sp³-hybridized carbons (Fsp3) is 0.143. The van der Waals surface area contributed by atoms with Crippen LogP contribution < -0.4 is 13.6 Å². The summed E-state index contributed by atoms with van der Waals surface area (Å²) in [6.07, 6.45) is 0. The number of benzene rings is 3. The number of rotatable bonds is 6. The molecule has 0 heterocycles. The third-order valence-electron chi connectivity index (χ3n) is 4.27. The van der Waals surface area contributed by atoms with E-state index in [1.165, 1.54) is 36.4 Å². The molecule has 0 aliphatic heterocycles. The third kappa shape index (κ3) is 5.93. The fourth-order valence-corrected chi connectivity index (χ4v) is 5.23. The molecular formula is C21H15Cl6O4P. The number of phosphoric acid groups is 1. The van der Waals surface area contributed by atoms with Gasteiger partial charge in [-0.3, -0.25) is 0 Å². The molecule has 0 radical (unpaired) electrons. The van der Waals surface area contributed by atoms with E-state index in [-0.39, 0.29) is 32.3 Å². The normalized spacial score (nSPS) is 11.4. The Balaban J connectivity index is 2.08. The van der Waals surface area contributed by atoms with Crippen LogP contribution in [0.1, 0.15) is 16.7 Å². The van der Waals surface area contributed by atoms with E-state index >= 15 is 0 Å². The molecule has 3 aromatic carbocycles. The molecule has 0 saturated carbocycles. The Morgan fingerprint density at radius 3 is 1.00 bits per heavy atom. The van der Waals surface area contributed by atoms with Crippen LogP contribution in [0.3, 0.4) is 0 Å². The molecule has 0 aliphatic rings. The third-order valence-corrected chi connectivity index (χ3v) is 7.64. The van der Waals surface area contributed by atoms with Crippen LogP contribution in [0.25, 0.3) is 0 Å². The van der Waals surface area contributed by atoms with Gasteiger partial charge < -0.3 is 13.6 Å². The minimum atomic E-state index is -4.45. The second-order valence-corrected chi connectivity index (χ2v) is 10.7. The summed E-state index contributed by atoms with van der Waals surface area (Å²) in [7, 11) is -4.45. The van der Waals surface area contributed by atoms with Crippen molar-refractivity contribution < 1.29 is 18.1 Å². The Kier molecular flexibility index (Phi) is 8.10. The van der Waals surface area contributed by atoms with Gasteiger partial charge in [-0.15, -0.1) is 0 Å². The van der Waals surface area contributed by atoms with E-state index in [0.29, 0.717) is 31.8 Å². The maximum atomic E-state index is 13.8. The first-order valence-electron chi connectivity index (χ1n) is 8.94. The summed E-state index contributed by atoms with van der Waals surface area (Å²) in [5, 5.41) is 1.53. The van der Waals surface area contributed by atoms with E-state index in [1.807, 2.05) is 0 Å². The molecule has 0 amide bonds. The fourth-order valence-electron chi connectivity index (χ4n) is 2.52. The summed E-state index contributed by atoms with van der Waals surface area (Å²) in [4.78, 5) is 0. The van der Waals surface area contributed by atoms with E-state index in [4.69, 9.17) is 83.2 Å². The van der Waals surface area contributed by atoms with Crippen LogP contribution in [-0.4, -0.2) is 0 Å². The molecule has 0 unspecified atom stereocenters. The van der Waals surface area contributed by atoms with Gasteiger partial charge in [0.2, 0.25) is 0 Å². The molecule has 4 nitrogen and oxygen atoms in total. The predicted octanol–water partition coefficient (Wildman–Crippen LogP) is 10.2. The molecule has 0 bridgehead atoms. The zero-order chi connectivity index (χ0) is 23.8. The lowest BCUT2D eigenvalue weighted by Gasteiger charge is -2.22. The number of halogens is 6. The van der Waals surface area contributed by atoms with E-state index in [2.05, 4.69) is 0 Å². The number of phosphoric ester groups is 1. The quantitative estimate of drug-likeness (QED) is 0.275. The summed E-state index contributed by atoms with van der Waals surface area (Å²) in [5.74, 6) is 0.0848. The minimum absolute atomic E-state index is 0.0283. The van der Waals surface area contributed by atoms with Gasteiger partial charge >= 0.3 is 7.82 Å². The van der Waals surface area contributed by atoms with E-state index in [9.17, 15) is 4.57 Å². The van der Waals surface area contributed by atoms with Gasteiger partial charge in [-0.25, -0.2) is 0 Å². The van der Waals surface area contributed by atoms with E-state index in [0.717, 1.165) is 0 Å². The summed E-state index contributed by atoms with van der Waals surface area (Å²) >= 11 is 37.0. The lowest BCUT2D eigenvalue weighted by atomic mass is 10.2. The smallest absolute Gasteiger partial charge is 0.384 e. The number of hydrogen-bond donors (Lipinski definition) is 0. The molecule has 32 heavy (non-hydrogen) atoms. The molecule has 3 rings (SSSR count). The number of aryl methyl sites for hydroxylation is 3. The molecule has 0 aromatic heterocycles. The Hall–Kier alpha value is -0.970. The first-order valence-corrected chi connectivity index (χ1v) is 12.7. The highest BCUT2D eigenvalue weighted by Gasteiger charge is 2.36. The maximum absolute atomic E-state index is 13.8. The Morgan fingerprint density at radius 2 is 0.750 bits per heavy atom. The molecule has 0 spiro atoms. The molecule has 0 N–H and O–H groups in total. The maximum Gasteiger partial charge on any atom is 0.647 e. The van der Waals surface area contributed by atoms with Crippen molar-refractivity contribution in [1.29, 1.82) is 0 Å². The van der Waals surface area contributed by atoms with Crippen LogP contribution in [-0.2, 0) is 4.57 Å². The Bertz CT molecular complexity index is 1100. The highest BCUT2D eigenvalue weighted by Crippen LogP contribution is 2.54. The SMILES string of the molecule is Cc1cc(OP(=O)(Oc2cc(C)c(Cl)cc2Cl)Oc2cc(C)c(Cl)cc2Cl)c(Cl)cc1Cl. The van der Waals surface area contributed by atoms with Crippen molar-refractivity contribution in [1.82, 2.24) is 0 Å². The van der Waals surface area contributed by atoms with Crippen LogP contribution in [0.15, 0.2) is 36.4 Å². The zero-order valence-electron chi connectivity index (χ0n) is 16.8. The molecule has 0 aliphatic carbocycles. The summed E-state index contributed by atoms with van der Waals surface area (Å²) in [6.45, 7) is 5.20. The second-order valence-electron chi connectivity index (χ2n) is 6.82. The van der Waals surface area contributed by atoms with Crippen molar-refractivity contribution in [3.63, 3.8) is 0 Å². The molecular weight excluding hydrogens is 560 g/mol. The summed E-state index contributed by atoms with van der Waals surface area (Å²) < 4.78 is 30.8. The van der Waals surface area contributed by atoms with Gasteiger partial charge in [0.25, 0.3) is 0 Å². The number of hydrogen-bond acceptors (Lipinski definition) is 4. The van der Waals surface area contributed by atoms with Gasteiger partial charge in [-0.05, 0) is 73.9 Å². The van der Waals surface area contributed by atoms with Crippen LogP contribution in [0.5, 0.6) is 17.2 Å². The molecule has 3 aromatic rings. The first-order chi connectivity index (χ1) is 14.9. The molecule has 11 heteroatoms. The van der Waals surface area contributed by atoms with Crippen molar-refractivity contribution in [3.05, 3.63) is 83.2 Å². The van der Waals surface area contributed by atoms with Gasteiger partial charge in [-0.1, -0.05) is 69.6 Å². The van der Waals surface area contributed by atoms with Crippen molar-refractivity contribution in [2.75, 3.05) is 0 Å². The molecule has 0 saturated heterocycles. The van der Waals surface area contributed by atoms with Crippen LogP contribution in [0, 0.1) is 20.8 Å². The molecule has 0 atom stereocenters. The Labute approximate surface area is 215 Å². The van der Waals surface area contributed by atoms with Crippen LogP contribution >= 0.6 is 77.4 Å². The minimum Gasteiger partial charge on any atom is -0.384 e. The van der Waals surface area contributed by atoms with E-state index in [1.54, 1.807) is 20.8 Å². The predicted molar refractivity (Wildman–Crippen MR) is 133 cm³/mol. The van der Waals surface area contributed by atoms with Gasteiger partial charge in [0.1, 0.15) is 0 Å². The molecule has 170 valence electrons. The van der Waals surface area contributed by atoms with Gasteiger partial charge in [0.15, 0.2) is 17.2 Å². The van der Waals surface area contributed by atoms with Gasteiger partial charge in [0.05, 0.1) is 15.1 Å². The monoisotopic (exact) mass is 572 g/mol. The highest BCUT2D eigenvalue weighted by atomic mass is 35.5. The van der Waals surface area contributed by atoms with Crippen LogP contribution in [0.2, 0.25) is 30.1 Å². The first kappa shape index (κ1) is 25.6. The topological polar surface area (TPSA) is 44.8 Å². The largest absolute Gasteiger partial charge is 0.647 e. The summed E-state index contributed by atoms with van der Waals surface area (Å²) in [5.41, 5.74) is 1.91. The Morgan fingerprint density at radius 1 is 0.500 bits per heavy atom. The lowest BCUT2D eigenvalue weighted by Crippen LogP contribution is -2.09. The lowest BCUT2D eigenvalue weighted by molar-refractivity contribution is 0.298. The van der Waals surface area contributed by atoms with Crippen molar-refractivity contribution in [2.45, 2.75) is 20.8 Å². The zero-order valence-corrected chi connectivity index (χ0v) is 22.2. The van der Waals surface area contributed by atoms with Crippen LogP contribution in [0.4, 0.5) is 0 Å². The van der Waals surface area contributed by atoms with Gasteiger partial charge in [-0.2, -0.15) is 4.57 Å². The second kappa shape index (κ2) is 10.1. The standard InChI is InChI=1S/C21H15Cl6O4P/c1-10-4-19(16(25)7-13(10)22)29-32(28,30-20-5-11(2)14(23)8-17(20)26)31-21-6-12(3)15(24)9-18(21)27/h4-9H,1-3H3. The van der Waals surface area contributed by atoms with Crippen molar-refractivity contribution >= 4 is 77.4 Å². The highest BCUT2D eigenvalue weighted by molar-refractivity contribution is 7.49. The van der Waals surface area contributed by atoms with E-state index < -0.39 is 7.82 Å². The molecule has 0 fully saturated rings. The van der Waals surface area contributed by atoms with Crippen molar-refractivity contribution in [3.8, 4) is 17.2 Å². The average molecular weight is 575 g/mol.